The fraction of sp³-hybridized carbons (Fsp3) is 0.556. The number of hydrogen-bond donors (Lipinski definition) is 1. The van der Waals surface area contributed by atoms with Crippen LogP contribution in [0.25, 0.3) is 0 Å². The molecule has 0 aromatic rings. The summed E-state index contributed by atoms with van der Waals surface area (Å²) in [5.41, 5.74) is -0.694. The van der Waals surface area contributed by atoms with E-state index in [4.69, 9.17) is 9.29 Å². The second-order valence-electron chi connectivity index (χ2n) is 4.81. The Bertz CT molecular complexity index is 500. The highest BCUT2D eigenvalue weighted by Gasteiger charge is 2.40. The van der Waals surface area contributed by atoms with Crippen LogP contribution < -0.4 is 0 Å². The number of rotatable bonds is 1. The molecule has 1 aliphatic heterocycles. The molecule has 1 aliphatic rings. The molecular formula is C9H15N2O5S+. The van der Waals surface area contributed by atoms with E-state index in [2.05, 4.69) is 4.99 Å². The average molecular weight is 263 g/mol. The Kier molecular flexibility index (Phi) is 3.17. The van der Waals surface area contributed by atoms with Gasteiger partial charge in [0, 0.05) is 0 Å². The van der Waals surface area contributed by atoms with Gasteiger partial charge in [-0.05, 0) is 20.8 Å². The molecule has 1 amide bonds. The third kappa shape index (κ3) is 3.35. The highest BCUT2D eigenvalue weighted by molar-refractivity contribution is 7.89. The highest BCUT2D eigenvalue weighted by atomic mass is 32.2. The van der Waals surface area contributed by atoms with E-state index in [1.54, 1.807) is 20.8 Å². The molecule has 17 heavy (non-hydrogen) atoms. The lowest BCUT2D eigenvalue weighted by Crippen LogP contribution is -2.45. The fourth-order valence-electron chi connectivity index (χ4n) is 1.07. The van der Waals surface area contributed by atoms with Crippen molar-refractivity contribution in [3.63, 3.8) is 0 Å². The molecule has 0 saturated heterocycles. The second kappa shape index (κ2) is 3.90. The lowest BCUT2D eigenvalue weighted by atomic mass is 10.2. The second-order valence-corrected chi connectivity index (χ2v) is 6.18. The summed E-state index contributed by atoms with van der Waals surface area (Å²) >= 11 is 0. The molecule has 96 valence electrons. The maximum absolute atomic E-state index is 11.8. The molecule has 0 saturated carbocycles. The van der Waals surface area contributed by atoms with Crippen molar-refractivity contribution in [3.05, 3.63) is 11.2 Å². The van der Waals surface area contributed by atoms with Gasteiger partial charge >= 0.3 is 16.2 Å². The monoisotopic (exact) mass is 263 g/mol. The quantitative estimate of drug-likeness (QED) is 0.564. The van der Waals surface area contributed by atoms with Gasteiger partial charge in [-0.3, -0.25) is 4.55 Å². The number of carbonyl (C=O) groups excluding carboxylic acids is 1. The van der Waals surface area contributed by atoms with Crippen LogP contribution >= 0.6 is 0 Å². The molecule has 1 unspecified atom stereocenters. The van der Waals surface area contributed by atoms with Crippen LogP contribution in [0.5, 0.6) is 0 Å². The fourth-order valence-corrected chi connectivity index (χ4v) is 1.60. The van der Waals surface area contributed by atoms with E-state index < -0.39 is 31.3 Å². The van der Waals surface area contributed by atoms with E-state index in [1.807, 2.05) is 0 Å². The van der Waals surface area contributed by atoms with Gasteiger partial charge in [0.15, 0.2) is 6.20 Å². The molecule has 0 fully saturated rings. The van der Waals surface area contributed by atoms with Crippen LogP contribution in [-0.4, -0.2) is 42.5 Å². The molecule has 0 aromatic heterocycles. The molecule has 1 N–H and O–H groups in total. The average Bonchev–Trinajstić information content (AvgIpc) is 2.45. The molecule has 1 heterocycles. The lowest BCUT2D eigenvalue weighted by Gasteiger charge is -2.24. The highest BCUT2D eigenvalue weighted by Crippen LogP contribution is 2.21. The Morgan fingerprint density at radius 2 is 2.00 bits per heavy atom. The Labute approximate surface area is 99.7 Å². The number of amides is 1. The minimum absolute atomic E-state index is 0.563. The molecule has 0 bridgehead atoms. The number of hydrogen-bond acceptors (Lipinski definition) is 5. The smallest absolute Gasteiger partial charge is 0.414 e. The lowest BCUT2D eigenvalue weighted by molar-refractivity contribution is -0.678. The van der Waals surface area contributed by atoms with Gasteiger partial charge in [-0.1, -0.05) is 0 Å². The molecule has 0 radical (unpaired) electrons. The summed E-state index contributed by atoms with van der Waals surface area (Å²) in [6, 6.07) is 0. The van der Waals surface area contributed by atoms with Gasteiger partial charge in [0.2, 0.25) is 11.4 Å². The molecule has 0 aliphatic carbocycles. The first-order valence-corrected chi connectivity index (χ1v) is 6.23. The van der Waals surface area contributed by atoms with E-state index in [-0.39, 0.29) is 0 Å². The van der Waals surface area contributed by atoms with E-state index in [1.165, 1.54) is 7.05 Å². The Morgan fingerprint density at radius 1 is 1.47 bits per heavy atom. The minimum atomic E-state index is -4.41. The predicted octanol–water partition coefficient (Wildman–Crippen LogP) is 1.10. The molecule has 0 spiro atoms. The summed E-state index contributed by atoms with van der Waals surface area (Å²) in [7, 11) is -3.01. The van der Waals surface area contributed by atoms with Gasteiger partial charge in [0.25, 0.3) is 0 Å². The molecule has 1 atom stereocenters. The minimum Gasteiger partial charge on any atom is -0.414 e. The van der Waals surface area contributed by atoms with Crippen molar-refractivity contribution in [2.24, 2.45) is 4.99 Å². The summed E-state index contributed by atoms with van der Waals surface area (Å²) in [6.45, 7) is 5.08. The van der Waals surface area contributed by atoms with E-state index >= 15 is 0 Å². The van der Waals surface area contributed by atoms with Gasteiger partial charge in [0.1, 0.15) is 5.60 Å². The van der Waals surface area contributed by atoms with Gasteiger partial charge in [-0.25, -0.2) is 0 Å². The standard InChI is InChI=1S/C9H14N2O5S/c1-9(2,3)16-8(12)11(4)5-7(10-6-11)17(13,14)15/h5-6H,1-4H3/p+1. The van der Waals surface area contributed by atoms with Crippen LogP contribution in [-0.2, 0) is 14.9 Å². The zero-order valence-corrected chi connectivity index (χ0v) is 10.9. The first kappa shape index (κ1) is 13.8. The van der Waals surface area contributed by atoms with Crippen LogP contribution in [0.15, 0.2) is 16.2 Å². The number of carbonyl (C=O) groups is 1. The van der Waals surface area contributed by atoms with Crippen LogP contribution in [0.3, 0.4) is 0 Å². The van der Waals surface area contributed by atoms with Gasteiger partial charge in [0.05, 0.1) is 7.05 Å². The summed E-state index contributed by atoms with van der Waals surface area (Å²) in [4.78, 5) is 15.3. The molecule has 8 heteroatoms. The van der Waals surface area contributed by atoms with Crippen molar-refractivity contribution in [2.75, 3.05) is 7.05 Å². The first-order valence-electron chi connectivity index (χ1n) is 4.79. The molecular weight excluding hydrogens is 248 g/mol. The topological polar surface area (TPSA) is 93.0 Å². The third-order valence-electron chi connectivity index (χ3n) is 1.85. The van der Waals surface area contributed by atoms with E-state index in [9.17, 15) is 13.2 Å². The molecule has 7 nitrogen and oxygen atoms in total. The zero-order valence-electron chi connectivity index (χ0n) is 10.0. The Hall–Kier alpha value is -1.25. The number of aliphatic imine (C=N–C) groups is 1. The van der Waals surface area contributed by atoms with Crippen molar-refractivity contribution in [1.29, 1.82) is 0 Å². The zero-order chi connectivity index (χ0) is 13.5. The molecule has 1 rings (SSSR count). The SMILES string of the molecule is CC(C)(C)OC(=O)[N+]1(C)C=NC(S(=O)(=O)O)=C1. The van der Waals surface area contributed by atoms with Crippen LogP contribution in [0.1, 0.15) is 20.8 Å². The van der Waals surface area contributed by atoms with Gasteiger partial charge in [-0.2, -0.15) is 22.7 Å². The largest absolute Gasteiger partial charge is 0.527 e. The van der Waals surface area contributed by atoms with Gasteiger partial charge < -0.3 is 4.74 Å². The van der Waals surface area contributed by atoms with E-state index in [0.717, 1.165) is 12.5 Å². The van der Waals surface area contributed by atoms with E-state index in [0.29, 0.717) is 0 Å². The summed E-state index contributed by atoms with van der Waals surface area (Å²) in [6.07, 6.45) is 1.40. The number of nitrogens with zero attached hydrogens (tertiary/aromatic N) is 2. The van der Waals surface area contributed by atoms with Crippen LogP contribution in [0, 0.1) is 0 Å². The number of quaternary nitrogens is 1. The Morgan fingerprint density at radius 3 is 2.35 bits per heavy atom. The maximum Gasteiger partial charge on any atom is 0.527 e. The third-order valence-corrected chi connectivity index (χ3v) is 2.59. The van der Waals surface area contributed by atoms with Crippen molar-refractivity contribution in [1.82, 2.24) is 0 Å². The van der Waals surface area contributed by atoms with Crippen molar-refractivity contribution in [2.45, 2.75) is 26.4 Å². The summed E-state index contributed by atoms with van der Waals surface area (Å²) in [5, 5.41) is -0.564. The summed E-state index contributed by atoms with van der Waals surface area (Å²) < 4.78 is 35.0. The number of ether oxygens (including phenoxy) is 1. The predicted molar refractivity (Wildman–Crippen MR) is 60.5 cm³/mol. The van der Waals surface area contributed by atoms with Crippen LogP contribution in [0.2, 0.25) is 0 Å². The Balaban J connectivity index is 2.99. The van der Waals surface area contributed by atoms with Crippen molar-refractivity contribution >= 4 is 22.5 Å². The van der Waals surface area contributed by atoms with Crippen LogP contribution in [0.4, 0.5) is 4.79 Å². The van der Waals surface area contributed by atoms with Crippen molar-refractivity contribution in [3.8, 4) is 0 Å². The maximum atomic E-state index is 11.8. The van der Waals surface area contributed by atoms with Crippen molar-refractivity contribution < 1.29 is 27.0 Å². The normalized spacial score (nSPS) is 24.6. The van der Waals surface area contributed by atoms with Gasteiger partial charge in [-0.15, -0.1) is 0 Å². The molecule has 0 aromatic carbocycles. The first-order chi connectivity index (χ1) is 7.44. The summed E-state index contributed by atoms with van der Waals surface area (Å²) in [5.74, 6) is 0.